The first-order valence-electron chi connectivity index (χ1n) is 0.942. The molecule has 0 saturated carbocycles. The topological polar surface area (TPSA) is 58.9 Å². The van der Waals surface area contributed by atoms with Gasteiger partial charge in [-0.3, -0.25) is 0 Å². The molecule has 0 radical (unpaired) electrons. The molecule has 0 heterocycles. The van der Waals surface area contributed by atoms with Crippen LogP contribution in [0.15, 0.2) is 0 Å². The number of hydrogen-bond acceptors (Lipinski definition) is 4. The predicted molar refractivity (Wildman–Crippen MR) is 12.3 cm³/mol. The molecule has 0 fully saturated rings. The monoisotopic (exact) mass is 80.0 g/mol. The third-order valence-corrected chi connectivity index (χ3v) is 0.105. The summed E-state index contributed by atoms with van der Waals surface area (Å²) in [5.41, 5.74) is 0. The Morgan fingerprint density at radius 2 is 1.60 bits per heavy atom. The first-order chi connectivity index (χ1) is 2.41. The van der Waals surface area contributed by atoms with Crippen LogP contribution >= 0.6 is 0 Å². The Hall–Kier alpha value is -0.160. The van der Waals surface area contributed by atoms with Gasteiger partial charge in [-0.1, -0.05) is 0 Å². The summed E-state index contributed by atoms with van der Waals surface area (Å²) < 4.78 is 0. The number of rotatable bonds is 2. The second-order valence-electron chi connectivity index (χ2n) is 0.376. The van der Waals surface area contributed by atoms with Gasteiger partial charge in [-0.25, -0.2) is 20.3 Å². The van der Waals surface area contributed by atoms with Crippen LogP contribution in [0.2, 0.25) is 0 Å². The van der Waals surface area contributed by atoms with E-state index in [1.165, 1.54) is 0 Å². The fourth-order valence-electron chi connectivity index (χ4n) is 0.0236. The second kappa shape index (κ2) is 3.84. The summed E-state index contributed by atoms with van der Waals surface area (Å²) in [5.74, 6) is 0. The Bertz CT molecular complexity index is 11.1. The van der Waals surface area contributed by atoms with Crippen molar-refractivity contribution in [3.8, 4) is 0 Å². The zero-order valence-electron chi connectivity index (χ0n) is 2.42. The van der Waals surface area contributed by atoms with Crippen LogP contribution in [0.25, 0.3) is 0 Å². The predicted octanol–water partition coefficient (Wildman–Crippen LogP) is -0.0769. The maximum atomic E-state index is 7.28. The van der Waals surface area contributed by atoms with E-state index in [0.29, 0.717) is 0 Å². The summed E-state index contributed by atoms with van der Waals surface area (Å²) in [4.78, 5) is 6.44. The van der Waals surface area contributed by atoms with Crippen LogP contribution in [0.3, 0.4) is 0 Å². The first kappa shape index (κ1) is 4.84. The van der Waals surface area contributed by atoms with Crippen LogP contribution in [-0.4, -0.2) is 17.3 Å². The summed E-state index contributed by atoms with van der Waals surface area (Å²) in [6.45, 7) is -0.500. The first-order valence-corrected chi connectivity index (χ1v) is 0.942. The van der Waals surface area contributed by atoms with Crippen LogP contribution in [0.1, 0.15) is 0 Å². The molecule has 0 atom stereocenters. The molecular formula is CH4O4. The molecular weight excluding hydrogens is 76.0 g/mol. The Labute approximate surface area is 28.4 Å². The zero-order valence-corrected chi connectivity index (χ0v) is 2.42. The van der Waals surface area contributed by atoms with E-state index in [1.807, 2.05) is 0 Å². The third kappa shape index (κ3) is 3.84. The maximum absolute atomic E-state index is 7.28. The molecule has 0 aromatic heterocycles. The lowest BCUT2D eigenvalue weighted by atomic mass is 11.5. The summed E-state index contributed by atoms with van der Waals surface area (Å²) >= 11 is 0. The smallest absolute Gasteiger partial charge is 0.214 e. The van der Waals surface area contributed by atoms with Crippen molar-refractivity contribution in [2.45, 2.75) is 0 Å². The van der Waals surface area contributed by atoms with E-state index in [2.05, 4.69) is 9.78 Å². The Morgan fingerprint density at radius 1 is 1.20 bits per heavy atom. The molecule has 0 aromatic carbocycles. The van der Waals surface area contributed by atoms with E-state index in [0.717, 1.165) is 0 Å². The molecule has 2 N–H and O–H groups in total. The Balaban J connectivity index is 2.19. The molecule has 0 bridgehead atoms. The lowest BCUT2D eigenvalue weighted by Gasteiger charge is -1.82. The average Bonchev–Trinajstić information content (AvgIpc) is 1.41. The van der Waals surface area contributed by atoms with Crippen molar-refractivity contribution < 1.29 is 20.3 Å². The van der Waals surface area contributed by atoms with Gasteiger partial charge in [0.15, 0.2) is 0 Å². The van der Waals surface area contributed by atoms with E-state index >= 15 is 0 Å². The zero-order chi connectivity index (χ0) is 4.12. The SMILES string of the molecule is OOCOO. The molecule has 4 nitrogen and oxygen atoms in total. The minimum Gasteiger partial charge on any atom is -0.249 e. The minimum absolute atomic E-state index is 0.500. The average molecular weight is 80.0 g/mol. The van der Waals surface area contributed by atoms with Gasteiger partial charge in [-0.15, -0.1) is 0 Å². The quantitative estimate of drug-likeness (QED) is 0.277. The van der Waals surface area contributed by atoms with Gasteiger partial charge in [-0.05, 0) is 0 Å². The molecule has 32 valence electrons. The van der Waals surface area contributed by atoms with Gasteiger partial charge in [-0.2, -0.15) is 0 Å². The van der Waals surface area contributed by atoms with Gasteiger partial charge in [0.05, 0.1) is 0 Å². The Kier molecular flexibility index (Phi) is 3.72. The summed E-state index contributed by atoms with van der Waals surface area (Å²) in [7, 11) is 0. The molecule has 0 aliphatic heterocycles. The highest BCUT2D eigenvalue weighted by atomic mass is 17.2. The highest BCUT2D eigenvalue weighted by Crippen LogP contribution is 1.59. The molecule has 0 rings (SSSR count). The van der Waals surface area contributed by atoms with Crippen LogP contribution in [0.5, 0.6) is 0 Å². The standard InChI is InChI=1S/CH4O4/c2-4-1-5-3/h2-3H,1H2. The molecule has 0 aromatic rings. The van der Waals surface area contributed by atoms with E-state index < -0.39 is 6.79 Å². The van der Waals surface area contributed by atoms with Gasteiger partial charge in [0.2, 0.25) is 6.79 Å². The third-order valence-electron chi connectivity index (χ3n) is 0.105. The van der Waals surface area contributed by atoms with Gasteiger partial charge < -0.3 is 0 Å². The molecule has 4 heteroatoms. The van der Waals surface area contributed by atoms with Gasteiger partial charge in [0, 0.05) is 0 Å². The van der Waals surface area contributed by atoms with Crippen LogP contribution in [-0.2, 0) is 9.78 Å². The fraction of sp³-hybridized carbons (Fsp3) is 1.00. The van der Waals surface area contributed by atoms with Crippen molar-refractivity contribution in [2.75, 3.05) is 6.79 Å². The number of hydrogen-bond donors (Lipinski definition) is 2. The van der Waals surface area contributed by atoms with Crippen molar-refractivity contribution >= 4 is 0 Å². The molecule has 0 aliphatic rings. The van der Waals surface area contributed by atoms with Crippen molar-refractivity contribution in [2.24, 2.45) is 0 Å². The minimum atomic E-state index is -0.500. The van der Waals surface area contributed by atoms with Gasteiger partial charge in [0.25, 0.3) is 0 Å². The van der Waals surface area contributed by atoms with Crippen molar-refractivity contribution in [1.29, 1.82) is 0 Å². The molecule has 0 spiro atoms. The van der Waals surface area contributed by atoms with Crippen LogP contribution < -0.4 is 0 Å². The van der Waals surface area contributed by atoms with Gasteiger partial charge in [0.1, 0.15) is 0 Å². The van der Waals surface area contributed by atoms with Crippen molar-refractivity contribution in [3.63, 3.8) is 0 Å². The van der Waals surface area contributed by atoms with E-state index in [4.69, 9.17) is 10.5 Å². The molecule has 5 heavy (non-hydrogen) atoms. The van der Waals surface area contributed by atoms with E-state index in [9.17, 15) is 0 Å². The molecule has 0 saturated heterocycles. The maximum Gasteiger partial charge on any atom is 0.214 e. The second-order valence-corrected chi connectivity index (χ2v) is 0.376. The largest absolute Gasteiger partial charge is 0.249 e. The summed E-state index contributed by atoms with van der Waals surface area (Å²) in [6.07, 6.45) is 0. The van der Waals surface area contributed by atoms with Crippen LogP contribution in [0.4, 0.5) is 0 Å². The Morgan fingerprint density at radius 3 is 1.60 bits per heavy atom. The lowest BCUT2D eigenvalue weighted by molar-refractivity contribution is -0.382. The highest BCUT2D eigenvalue weighted by molar-refractivity contribution is 3.66. The van der Waals surface area contributed by atoms with Crippen molar-refractivity contribution in [1.82, 2.24) is 0 Å². The highest BCUT2D eigenvalue weighted by Gasteiger charge is 1.68. The van der Waals surface area contributed by atoms with E-state index in [-0.39, 0.29) is 0 Å². The lowest BCUT2D eigenvalue weighted by Crippen LogP contribution is -1.88. The summed E-state index contributed by atoms with van der Waals surface area (Å²) in [5, 5.41) is 14.6. The molecule has 0 amide bonds. The van der Waals surface area contributed by atoms with E-state index in [1.54, 1.807) is 0 Å². The molecule has 0 unspecified atom stereocenters. The fourth-order valence-corrected chi connectivity index (χ4v) is 0.0236. The van der Waals surface area contributed by atoms with Gasteiger partial charge >= 0.3 is 0 Å². The summed E-state index contributed by atoms with van der Waals surface area (Å²) in [6, 6.07) is 0. The van der Waals surface area contributed by atoms with Crippen LogP contribution in [0, 0.1) is 0 Å². The van der Waals surface area contributed by atoms with Crippen molar-refractivity contribution in [3.05, 3.63) is 0 Å². The normalized spacial score (nSPS) is 8.40. The molecule has 0 aliphatic carbocycles.